The highest BCUT2D eigenvalue weighted by Gasteiger charge is 2.18. The van der Waals surface area contributed by atoms with Crippen LogP contribution in [-0.2, 0) is 6.54 Å². The molecule has 0 saturated carbocycles. The van der Waals surface area contributed by atoms with E-state index in [2.05, 4.69) is 15.9 Å². The maximum Gasteiger partial charge on any atom is 0.257 e. The van der Waals surface area contributed by atoms with Crippen molar-refractivity contribution in [3.8, 4) is 11.5 Å². The van der Waals surface area contributed by atoms with Crippen molar-refractivity contribution in [2.75, 3.05) is 14.2 Å². The van der Waals surface area contributed by atoms with Crippen LogP contribution in [0, 0.1) is 6.92 Å². The number of aromatic hydroxyl groups is 1. The lowest BCUT2D eigenvalue weighted by Gasteiger charge is -2.20. The highest BCUT2D eigenvalue weighted by atomic mass is 79.9. The van der Waals surface area contributed by atoms with Gasteiger partial charge in [0, 0.05) is 23.6 Å². The molecule has 0 aromatic heterocycles. The molecule has 0 fully saturated rings. The normalized spacial score (nSPS) is 10.4. The topological polar surface area (TPSA) is 49.8 Å². The summed E-state index contributed by atoms with van der Waals surface area (Å²) in [4.78, 5) is 14.1. The molecule has 0 aliphatic carbocycles. The molecule has 1 amide bonds. The van der Waals surface area contributed by atoms with Crippen LogP contribution >= 0.6 is 15.9 Å². The summed E-state index contributed by atoms with van der Waals surface area (Å²) in [5.74, 6) is 0.514. The van der Waals surface area contributed by atoms with Crippen LogP contribution in [0.5, 0.6) is 11.5 Å². The summed E-state index contributed by atoms with van der Waals surface area (Å²) in [5, 5.41) is 10.0. The summed E-state index contributed by atoms with van der Waals surface area (Å²) in [6.45, 7) is 2.15. The van der Waals surface area contributed by atoms with E-state index in [1.54, 1.807) is 44.2 Å². The van der Waals surface area contributed by atoms with Gasteiger partial charge in [-0.1, -0.05) is 28.1 Å². The molecule has 116 valence electrons. The van der Waals surface area contributed by atoms with Crippen LogP contribution in [-0.4, -0.2) is 30.1 Å². The molecule has 0 heterocycles. The van der Waals surface area contributed by atoms with Gasteiger partial charge in [0.25, 0.3) is 5.91 Å². The van der Waals surface area contributed by atoms with Crippen molar-refractivity contribution in [2.45, 2.75) is 13.5 Å². The Morgan fingerprint density at radius 3 is 2.73 bits per heavy atom. The number of phenolic OH excluding ortho intramolecular Hbond substituents is 1. The molecule has 2 rings (SSSR count). The Balaban J connectivity index is 2.25. The van der Waals surface area contributed by atoms with Crippen LogP contribution in [0.25, 0.3) is 0 Å². The van der Waals surface area contributed by atoms with E-state index in [0.717, 1.165) is 15.8 Å². The first-order valence-electron chi connectivity index (χ1n) is 6.80. The minimum atomic E-state index is -0.233. The fourth-order valence-corrected chi connectivity index (χ4v) is 2.64. The first-order chi connectivity index (χ1) is 10.4. The van der Waals surface area contributed by atoms with Crippen LogP contribution in [0.1, 0.15) is 21.5 Å². The Morgan fingerprint density at radius 1 is 1.32 bits per heavy atom. The van der Waals surface area contributed by atoms with Gasteiger partial charge in [-0.05, 0) is 36.8 Å². The van der Waals surface area contributed by atoms with E-state index >= 15 is 0 Å². The zero-order valence-electron chi connectivity index (χ0n) is 12.8. The molecule has 2 aromatic carbocycles. The molecule has 5 heteroatoms. The largest absolute Gasteiger partial charge is 0.507 e. The van der Waals surface area contributed by atoms with Gasteiger partial charge in [-0.3, -0.25) is 4.79 Å². The second-order valence-electron chi connectivity index (χ2n) is 5.09. The lowest BCUT2D eigenvalue weighted by Crippen LogP contribution is -2.26. The standard InChI is InChI=1S/C17H18BrNO3/c1-11-5-4-6-14(16(11)20)17(21)19(2)10-12-9-13(18)7-8-15(12)22-3/h4-9,20H,10H2,1-3H3. The SMILES string of the molecule is COc1ccc(Br)cc1CN(C)C(=O)c1cccc(C)c1O. The van der Waals surface area contributed by atoms with Crippen molar-refractivity contribution in [3.63, 3.8) is 0 Å². The van der Waals surface area contributed by atoms with Gasteiger partial charge in [-0.15, -0.1) is 0 Å². The summed E-state index contributed by atoms with van der Waals surface area (Å²) in [6.07, 6.45) is 0. The number of amides is 1. The summed E-state index contributed by atoms with van der Waals surface area (Å²) >= 11 is 3.42. The van der Waals surface area contributed by atoms with Gasteiger partial charge in [0.05, 0.1) is 12.7 Å². The predicted octanol–water partition coefficient (Wildman–Crippen LogP) is 3.74. The van der Waals surface area contributed by atoms with Gasteiger partial charge in [0.2, 0.25) is 0 Å². The molecule has 0 bridgehead atoms. The molecular formula is C17H18BrNO3. The van der Waals surface area contributed by atoms with Crippen molar-refractivity contribution in [1.29, 1.82) is 0 Å². The van der Waals surface area contributed by atoms with Gasteiger partial charge < -0.3 is 14.7 Å². The summed E-state index contributed by atoms with van der Waals surface area (Å²) in [7, 11) is 3.30. The van der Waals surface area contributed by atoms with Crippen LogP contribution in [0.2, 0.25) is 0 Å². The second kappa shape index (κ2) is 6.83. The highest BCUT2D eigenvalue weighted by molar-refractivity contribution is 9.10. The van der Waals surface area contributed by atoms with Crippen molar-refractivity contribution in [1.82, 2.24) is 4.90 Å². The van der Waals surface area contributed by atoms with Crippen molar-refractivity contribution < 1.29 is 14.6 Å². The molecule has 0 radical (unpaired) electrons. The number of methoxy groups -OCH3 is 1. The molecular weight excluding hydrogens is 346 g/mol. The average Bonchev–Trinajstić information content (AvgIpc) is 2.49. The Labute approximate surface area is 138 Å². The lowest BCUT2D eigenvalue weighted by molar-refractivity contribution is 0.0781. The Kier molecular flexibility index (Phi) is 5.08. The molecule has 2 aromatic rings. The Bertz CT molecular complexity index is 700. The van der Waals surface area contributed by atoms with Gasteiger partial charge in [0.15, 0.2) is 0 Å². The molecule has 22 heavy (non-hydrogen) atoms. The van der Waals surface area contributed by atoms with E-state index in [9.17, 15) is 9.90 Å². The molecule has 0 aliphatic rings. The molecule has 1 N–H and O–H groups in total. The molecule has 0 saturated heterocycles. The van der Waals surface area contributed by atoms with E-state index in [4.69, 9.17) is 4.74 Å². The number of phenols is 1. The average molecular weight is 364 g/mol. The van der Waals surface area contributed by atoms with Crippen LogP contribution < -0.4 is 4.74 Å². The number of carbonyl (C=O) groups is 1. The number of halogens is 1. The minimum Gasteiger partial charge on any atom is -0.507 e. The number of para-hydroxylation sites is 1. The molecule has 0 atom stereocenters. The maximum atomic E-state index is 12.5. The van der Waals surface area contributed by atoms with E-state index in [1.165, 1.54) is 0 Å². The monoisotopic (exact) mass is 363 g/mol. The molecule has 0 aliphatic heterocycles. The molecule has 0 unspecified atom stereocenters. The highest BCUT2D eigenvalue weighted by Crippen LogP contribution is 2.26. The predicted molar refractivity (Wildman–Crippen MR) is 89.3 cm³/mol. The number of hydrogen-bond donors (Lipinski definition) is 1. The summed E-state index contributed by atoms with van der Waals surface area (Å²) in [6, 6.07) is 10.8. The third kappa shape index (κ3) is 3.42. The number of rotatable bonds is 4. The fourth-order valence-electron chi connectivity index (χ4n) is 2.24. The number of hydrogen-bond acceptors (Lipinski definition) is 3. The molecule has 0 spiro atoms. The quantitative estimate of drug-likeness (QED) is 0.899. The first kappa shape index (κ1) is 16.4. The van der Waals surface area contributed by atoms with Crippen molar-refractivity contribution in [2.24, 2.45) is 0 Å². The van der Waals surface area contributed by atoms with Crippen molar-refractivity contribution >= 4 is 21.8 Å². The van der Waals surface area contributed by atoms with E-state index in [-0.39, 0.29) is 11.7 Å². The molecule has 4 nitrogen and oxygen atoms in total. The van der Waals surface area contributed by atoms with E-state index in [0.29, 0.717) is 17.7 Å². The second-order valence-corrected chi connectivity index (χ2v) is 6.00. The number of ether oxygens (including phenoxy) is 1. The number of nitrogens with zero attached hydrogens (tertiary/aromatic N) is 1. The van der Waals surface area contributed by atoms with E-state index < -0.39 is 0 Å². The smallest absolute Gasteiger partial charge is 0.257 e. The summed E-state index contributed by atoms with van der Waals surface area (Å²) < 4.78 is 6.24. The Morgan fingerprint density at radius 2 is 2.05 bits per heavy atom. The number of carbonyl (C=O) groups excluding carboxylic acids is 1. The fraction of sp³-hybridized carbons (Fsp3) is 0.235. The number of benzene rings is 2. The summed E-state index contributed by atoms with van der Waals surface area (Å²) in [5.41, 5.74) is 1.87. The van der Waals surface area contributed by atoms with Crippen LogP contribution in [0.4, 0.5) is 0 Å². The van der Waals surface area contributed by atoms with Gasteiger partial charge in [-0.25, -0.2) is 0 Å². The minimum absolute atomic E-state index is 0.0283. The number of aryl methyl sites for hydroxylation is 1. The zero-order valence-corrected chi connectivity index (χ0v) is 14.3. The third-order valence-electron chi connectivity index (χ3n) is 3.46. The zero-order chi connectivity index (χ0) is 16.3. The Hall–Kier alpha value is -2.01. The lowest BCUT2D eigenvalue weighted by atomic mass is 10.1. The van der Waals surface area contributed by atoms with Gasteiger partial charge >= 0.3 is 0 Å². The van der Waals surface area contributed by atoms with E-state index in [1.807, 2.05) is 18.2 Å². The van der Waals surface area contributed by atoms with Crippen LogP contribution in [0.15, 0.2) is 40.9 Å². The van der Waals surface area contributed by atoms with Crippen molar-refractivity contribution in [3.05, 3.63) is 57.6 Å². The van der Waals surface area contributed by atoms with Crippen LogP contribution in [0.3, 0.4) is 0 Å². The maximum absolute atomic E-state index is 12.5. The van der Waals surface area contributed by atoms with Gasteiger partial charge in [-0.2, -0.15) is 0 Å². The third-order valence-corrected chi connectivity index (χ3v) is 3.96. The first-order valence-corrected chi connectivity index (χ1v) is 7.59. The van der Waals surface area contributed by atoms with Gasteiger partial charge in [0.1, 0.15) is 11.5 Å².